The molecule has 0 spiro atoms. The topological polar surface area (TPSA) is 69.6 Å². The second kappa shape index (κ2) is 6.28. The summed E-state index contributed by atoms with van der Waals surface area (Å²) in [4.78, 5) is 18.7. The van der Waals surface area contributed by atoms with E-state index >= 15 is 0 Å². The maximum atomic E-state index is 10.3. The number of benzene rings is 1. The normalized spacial score (nSPS) is 13.9. The molecule has 1 aromatic carbocycles. The maximum absolute atomic E-state index is 10.3. The van der Waals surface area contributed by atoms with Crippen LogP contribution < -0.4 is 39.0 Å². The summed E-state index contributed by atoms with van der Waals surface area (Å²) in [5, 5.41) is 0.682. The minimum absolute atomic E-state index is 0. The fourth-order valence-corrected chi connectivity index (χ4v) is 1.53. The summed E-state index contributed by atoms with van der Waals surface area (Å²) in [5.74, 6) is 0.102. The zero-order valence-corrected chi connectivity index (χ0v) is 12.0. The van der Waals surface area contributed by atoms with Crippen LogP contribution in [0.2, 0.25) is 0 Å². The van der Waals surface area contributed by atoms with Crippen LogP contribution in [-0.4, -0.2) is 4.89 Å². The second-order valence-corrected chi connectivity index (χ2v) is 4.02. The van der Waals surface area contributed by atoms with E-state index in [4.69, 9.17) is 4.89 Å². The molecule has 7 heteroatoms. The van der Waals surface area contributed by atoms with E-state index < -0.39 is 7.82 Å². The Morgan fingerprint density at radius 2 is 1.93 bits per heavy atom. The van der Waals surface area contributed by atoms with Gasteiger partial charge in [0.2, 0.25) is 0 Å². The minimum atomic E-state index is -4.67. The van der Waals surface area contributed by atoms with E-state index in [1.165, 1.54) is 12.1 Å². The number of halogens is 1. The Balaban J connectivity index is 0.00000169. The van der Waals surface area contributed by atoms with E-state index in [0.29, 0.717) is 5.33 Å². The molecule has 1 rings (SSSR count). The molecule has 72 valence electrons. The Bertz CT molecular complexity index is 323. The smallest absolute Gasteiger partial charge is 0.746 e. The van der Waals surface area contributed by atoms with Gasteiger partial charge >= 0.3 is 37.4 Å². The molecular weight excluding hydrogens is 282 g/mol. The fourth-order valence-electron chi connectivity index (χ4n) is 0.773. The van der Waals surface area contributed by atoms with Crippen molar-refractivity contribution in [3.8, 4) is 5.75 Å². The number of rotatable bonds is 3. The summed E-state index contributed by atoms with van der Waals surface area (Å²) in [6, 6.07) is 6.33. The van der Waals surface area contributed by atoms with Crippen LogP contribution in [-0.2, 0) is 9.90 Å². The minimum Gasteiger partial charge on any atom is -0.746 e. The van der Waals surface area contributed by atoms with Gasteiger partial charge < -0.3 is 14.3 Å². The molecule has 14 heavy (non-hydrogen) atoms. The molecule has 0 radical (unpaired) electrons. The van der Waals surface area contributed by atoms with Gasteiger partial charge in [0.25, 0.3) is 0 Å². The van der Waals surface area contributed by atoms with Crippen LogP contribution in [0.15, 0.2) is 24.3 Å². The van der Waals surface area contributed by atoms with Crippen molar-refractivity contribution in [1.82, 2.24) is 0 Å². The zero-order valence-electron chi connectivity index (χ0n) is 7.51. The van der Waals surface area contributed by atoms with Crippen molar-refractivity contribution in [2.24, 2.45) is 0 Å². The average Bonchev–Trinajstić information content (AvgIpc) is 2.03. The predicted molar refractivity (Wildman–Crippen MR) is 49.5 cm³/mol. The molecule has 1 unspecified atom stereocenters. The summed E-state index contributed by atoms with van der Waals surface area (Å²) < 4.78 is 14.5. The largest absolute Gasteiger partial charge is 1.00 e. The molecule has 0 fully saturated rings. The molecule has 0 heterocycles. The molecule has 1 N–H and O–H groups in total. The number of phosphoric acid groups is 1. The van der Waals surface area contributed by atoms with Gasteiger partial charge in [-0.15, -0.1) is 0 Å². The third kappa shape index (κ3) is 5.51. The summed E-state index contributed by atoms with van der Waals surface area (Å²) in [5.41, 5.74) is 0.992. The van der Waals surface area contributed by atoms with Gasteiger partial charge in [-0.2, -0.15) is 0 Å². The first kappa shape index (κ1) is 14.6. The van der Waals surface area contributed by atoms with Crippen LogP contribution in [0, 0.1) is 0 Å². The first-order valence-electron chi connectivity index (χ1n) is 3.39. The second-order valence-electron chi connectivity index (χ2n) is 2.34. The Morgan fingerprint density at radius 3 is 2.29 bits per heavy atom. The van der Waals surface area contributed by atoms with Gasteiger partial charge in [-0.05, 0) is 17.7 Å². The van der Waals surface area contributed by atoms with Crippen LogP contribution in [0.5, 0.6) is 5.75 Å². The van der Waals surface area contributed by atoms with Gasteiger partial charge in [-0.3, -0.25) is 4.57 Å². The van der Waals surface area contributed by atoms with Crippen LogP contribution in [0.1, 0.15) is 5.56 Å². The van der Waals surface area contributed by atoms with E-state index in [2.05, 4.69) is 20.5 Å². The fraction of sp³-hybridized carbons (Fsp3) is 0.143. The van der Waals surface area contributed by atoms with Crippen LogP contribution >= 0.6 is 23.8 Å². The van der Waals surface area contributed by atoms with Crippen molar-refractivity contribution in [3.05, 3.63) is 29.8 Å². The number of hydrogen-bond donors (Lipinski definition) is 1. The number of hydrogen-bond acceptors (Lipinski definition) is 3. The van der Waals surface area contributed by atoms with E-state index in [1.54, 1.807) is 12.1 Å². The molecule has 0 aliphatic carbocycles. The maximum Gasteiger partial charge on any atom is 1.00 e. The third-order valence-electron chi connectivity index (χ3n) is 1.30. The van der Waals surface area contributed by atoms with E-state index in [-0.39, 0.29) is 35.3 Å². The molecule has 4 nitrogen and oxygen atoms in total. The van der Waals surface area contributed by atoms with Crippen LogP contribution in [0.4, 0.5) is 0 Å². The van der Waals surface area contributed by atoms with Crippen molar-refractivity contribution in [2.45, 2.75) is 5.33 Å². The standard InChI is InChI=1S/C7H8BrO4P.Na/c8-5-6-1-3-7(4-2-6)12-13(9,10)11;/h1-4H,5H2,(H2,9,10,11);/q;+1/p-1. The van der Waals surface area contributed by atoms with Gasteiger partial charge in [0.05, 0.1) is 0 Å². The summed E-state index contributed by atoms with van der Waals surface area (Å²) in [7, 11) is -4.67. The Hall–Kier alpha value is 0.650. The molecule has 1 aromatic rings. The van der Waals surface area contributed by atoms with Gasteiger partial charge in [-0.25, -0.2) is 0 Å². The number of phosphoric ester groups is 1. The van der Waals surface area contributed by atoms with Crippen molar-refractivity contribution in [1.29, 1.82) is 0 Å². The molecule has 1 atom stereocenters. The van der Waals surface area contributed by atoms with Gasteiger partial charge in [-0.1, -0.05) is 28.1 Å². The molecule has 0 saturated carbocycles. The monoisotopic (exact) mass is 288 g/mol. The van der Waals surface area contributed by atoms with Gasteiger partial charge in [0, 0.05) is 5.33 Å². The number of alkyl halides is 1. The first-order valence-corrected chi connectivity index (χ1v) is 6.01. The van der Waals surface area contributed by atoms with E-state index in [1.807, 2.05) is 0 Å². The average molecular weight is 289 g/mol. The molecule has 0 saturated heterocycles. The molecule has 0 bridgehead atoms. The molecule has 0 amide bonds. The molecule has 0 aromatic heterocycles. The van der Waals surface area contributed by atoms with E-state index in [9.17, 15) is 9.46 Å². The van der Waals surface area contributed by atoms with Crippen molar-refractivity contribution < 1.29 is 48.4 Å². The van der Waals surface area contributed by atoms with Crippen molar-refractivity contribution in [3.63, 3.8) is 0 Å². The Labute approximate surface area is 112 Å². The summed E-state index contributed by atoms with van der Waals surface area (Å²) >= 11 is 3.24. The third-order valence-corrected chi connectivity index (χ3v) is 2.39. The molecular formula is C7H7BrNaO4P. The summed E-state index contributed by atoms with van der Waals surface area (Å²) in [6.45, 7) is 0. The first-order chi connectivity index (χ1) is 6.01. The SMILES string of the molecule is O=P([O-])(O)Oc1ccc(CBr)cc1.[Na+]. The van der Waals surface area contributed by atoms with E-state index in [0.717, 1.165) is 5.56 Å². The van der Waals surface area contributed by atoms with Crippen LogP contribution in [0.25, 0.3) is 0 Å². The quantitative estimate of drug-likeness (QED) is 0.414. The summed E-state index contributed by atoms with van der Waals surface area (Å²) in [6.07, 6.45) is 0. The van der Waals surface area contributed by atoms with Crippen LogP contribution in [0.3, 0.4) is 0 Å². The zero-order chi connectivity index (χ0) is 9.90. The predicted octanol–water partition coefficient (Wildman–Crippen LogP) is -1.58. The Morgan fingerprint density at radius 1 is 1.43 bits per heavy atom. The van der Waals surface area contributed by atoms with Gasteiger partial charge in [0.1, 0.15) is 5.75 Å². The van der Waals surface area contributed by atoms with Gasteiger partial charge in [0.15, 0.2) is 0 Å². The molecule has 0 aliphatic rings. The van der Waals surface area contributed by atoms with Crippen molar-refractivity contribution in [2.75, 3.05) is 0 Å². The van der Waals surface area contributed by atoms with Crippen molar-refractivity contribution >= 4 is 23.8 Å². The Kier molecular flexibility index (Phi) is 6.57. The molecule has 0 aliphatic heterocycles.